The molecule has 0 unspecified atom stereocenters. The van der Waals surface area contributed by atoms with Crippen molar-refractivity contribution in [2.45, 2.75) is 32.1 Å². The summed E-state index contributed by atoms with van der Waals surface area (Å²) in [4.78, 5) is 11.8. The molecule has 0 aromatic heterocycles. The summed E-state index contributed by atoms with van der Waals surface area (Å²) in [6.07, 6.45) is 3.77. The maximum atomic E-state index is 12.1. The predicted molar refractivity (Wildman–Crippen MR) is 92.0 cm³/mol. The van der Waals surface area contributed by atoms with Crippen LogP contribution in [0.4, 0.5) is 0 Å². The van der Waals surface area contributed by atoms with Crippen molar-refractivity contribution >= 4 is 27.5 Å². The number of aryl methyl sites for hydroxylation is 1. The van der Waals surface area contributed by atoms with Gasteiger partial charge in [0.1, 0.15) is 0 Å². The fraction of sp³-hybridized carbons (Fsp3) is 0.562. The van der Waals surface area contributed by atoms with E-state index in [4.69, 9.17) is 11.6 Å². The molecule has 1 fully saturated rings. The Morgan fingerprint density at radius 3 is 2.57 bits per heavy atom. The third-order valence-corrected chi connectivity index (χ3v) is 6.21. The van der Waals surface area contributed by atoms with E-state index in [1.54, 1.807) is 6.07 Å². The number of halogens is 1. The first-order valence-corrected chi connectivity index (χ1v) is 9.96. The lowest BCUT2D eigenvalue weighted by atomic mass is 10.1. The fourth-order valence-corrected chi connectivity index (χ4v) is 4.29. The van der Waals surface area contributed by atoms with Crippen molar-refractivity contribution in [3.8, 4) is 0 Å². The number of nitrogens with zero attached hydrogens (tertiary/aromatic N) is 1. The zero-order valence-corrected chi connectivity index (χ0v) is 14.7. The number of benzene rings is 1. The first-order valence-electron chi connectivity index (χ1n) is 7.97. The number of carbonyl (C=O) groups excluding carboxylic acids is 1. The number of carbonyl (C=O) groups is 1. The molecule has 0 aliphatic carbocycles. The molecule has 1 aliphatic heterocycles. The molecule has 0 bridgehead atoms. The highest BCUT2D eigenvalue weighted by Crippen LogP contribution is 2.16. The third-order valence-electron chi connectivity index (χ3n) is 3.97. The molecule has 0 saturated carbocycles. The third kappa shape index (κ3) is 5.79. The van der Waals surface area contributed by atoms with Gasteiger partial charge in [0.2, 0.25) is 15.9 Å². The van der Waals surface area contributed by atoms with Gasteiger partial charge in [-0.1, -0.05) is 36.2 Å². The molecular weight excluding hydrogens is 336 g/mol. The second-order valence-electron chi connectivity index (χ2n) is 5.72. The van der Waals surface area contributed by atoms with Gasteiger partial charge in [0, 0.05) is 31.1 Å². The van der Waals surface area contributed by atoms with Crippen LogP contribution in [-0.2, 0) is 21.2 Å². The fourth-order valence-electron chi connectivity index (χ4n) is 2.63. The topological polar surface area (TPSA) is 66.5 Å². The van der Waals surface area contributed by atoms with Crippen LogP contribution in [0.25, 0.3) is 0 Å². The Balaban J connectivity index is 1.71. The molecular formula is C16H23ClN2O3S. The van der Waals surface area contributed by atoms with Crippen molar-refractivity contribution in [3.05, 3.63) is 34.9 Å². The van der Waals surface area contributed by atoms with Crippen LogP contribution in [0, 0.1) is 0 Å². The molecule has 1 aromatic carbocycles. The first kappa shape index (κ1) is 18.2. The molecule has 1 N–H and O–H groups in total. The van der Waals surface area contributed by atoms with Gasteiger partial charge in [-0.15, -0.1) is 0 Å². The lowest BCUT2D eigenvalue weighted by molar-refractivity contribution is -0.120. The van der Waals surface area contributed by atoms with E-state index in [9.17, 15) is 13.2 Å². The van der Waals surface area contributed by atoms with Crippen LogP contribution < -0.4 is 5.32 Å². The van der Waals surface area contributed by atoms with Gasteiger partial charge in [0.15, 0.2) is 0 Å². The second-order valence-corrected chi connectivity index (χ2v) is 8.21. The lowest BCUT2D eigenvalue weighted by Crippen LogP contribution is -2.40. The highest BCUT2D eigenvalue weighted by molar-refractivity contribution is 7.89. The van der Waals surface area contributed by atoms with Crippen molar-refractivity contribution in [2.24, 2.45) is 0 Å². The standard InChI is InChI=1S/C16H23ClN2O3S/c17-15-7-3-2-6-14(15)8-9-16(20)18-10-13-23(21,22)19-11-4-1-5-12-19/h2-3,6-7H,1,4-5,8-13H2,(H,18,20). The van der Waals surface area contributed by atoms with E-state index in [1.807, 2.05) is 18.2 Å². The zero-order chi connectivity index (χ0) is 16.7. The highest BCUT2D eigenvalue weighted by atomic mass is 35.5. The van der Waals surface area contributed by atoms with Crippen LogP contribution in [0.5, 0.6) is 0 Å². The Labute approximate surface area is 143 Å². The van der Waals surface area contributed by atoms with Gasteiger partial charge in [0.05, 0.1) is 5.75 Å². The average molecular weight is 359 g/mol. The van der Waals surface area contributed by atoms with E-state index < -0.39 is 10.0 Å². The van der Waals surface area contributed by atoms with Gasteiger partial charge in [-0.05, 0) is 30.9 Å². The molecule has 128 valence electrons. The van der Waals surface area contributed by atoms with E-state index in [1.165, 1.54) is 4.31 Å². The summed E-state index contributed by atoms with van der Waals surface area (Å²) < 4.78 is 25.8. The highest BCUT2D eigenvalue weighted by Gasteiger charge is 2.23. The summed E-state index contributed by atoms with van der Waals surface area (Å²) in [6, 6.07) is 7.40. The summed E-state index contributed by atoms with van der Waals surface area (Å²) >= 11 is 6.04. The number of nitrogens with one attached hydrogen (secondary N) is 1. The molecule has 1 aromatic rings. The largest absolute Gasteiger partial charge is 0.355 e. The average Bonchev–Trinajstić information content (AvgIpc) is 2.55. The Morgan fingerprint density at radius 2 is 1.87 bits per heavy atom. The number of hydrogen-bond donors (Lipinski definition) is 1. The van der Waals surface area contributed by atoms with Gasteiger partial charge in [-0.3, -0.25) is 4.79 Å². The normalized spacial score (nSPS) is 16.2. The van der Waals surface area contributed by atoms with Crippen molar-refractivity contribution in [3.63, 3.8) is 0 Å². The van der Waals surface area contributed by atoms with Gasteiger partial charge < -0.3 is 5.32 Å². The Bertz CT molecular complexity index is 628. The molecule has 1 heterocycles. The molecule has 1 saturated heterocycles. The van der Waals surface area contributed by atoms with Crippen LogP contribution in [0.2, 0.25) is 5.02 Å². The van der Waals surface area contributed by atoms with E-state index in [0.29, 0.717) is 31.0 Å². The molecule has 7 heteroatoms. The summed E-state index contributed by atoms with van der Waals surface area (Å²) in [5, 5.41) is 3.33. The monoisotopic (exact) mass is 358 g/mol. The molecule has 0 radical (unpaired) electrons. The zero-order valence-electron chi connectivity index (χ0n) is 13.1. The Morgan fingerprint density at radius 1 is 1.17 bits per heavy atom. The van der Waals surface area contributed by atoms with E-state index in [0.717, 1.165) is 24.8 Å². The van der Waals surface area contributed by atoms with Crippen molar-refractivity contribution in [1.29, 1.82) is 0 Å². The van der Waals surface area contributed by atoms with Crippen LogP contribution in [0.1, 0.15) is 31.2 Å². The van der Waals surface area contributed by atoms with E-state index >= 15 is 0 Å². The molecule has 1 amide bonds. The SMILES string of the molecule is O=C(CCc1ccccc1Cl)NCCS(=O)(=O)N1CCCCC1. The summed E-state index contributed by atoms with van der Waals surface area (Å²) in [5.74, 6) is -0.191. The second kappa shape index (κ2) is 8.66. The number of rotatable bonds is 7. The summed E-state index contributed by atoms with van der Waals surface area (Å²) in [6.45, 7) is 1.35. The first-order chi connectivity index (χ1) is 11.0. The van der Waals surface area contributed by atoms with Crippen LogP contribution in [-0.4, -0.2) is 44.0 Å². The Kier molecular flexibility index (Phi) is 6.87. The minimum absolute atomic E-state index is 0.0369. The number of sulfonamides is 1. The van der Waals surface area contributed by atoms with Crippen LogP contribution >= 0.6 is 11.6 Å². The number of hydrogen-bond acceptors (Lipinski definition) is 3. The molecule has 0 spiro atoms. The molecule has 1 aliphatic rings. The van der Waals surface area contributed by atoms with Crippen LogP contribution in [0.15, 0.2) is 24.3 Å². The molecule has 23 heavy (non-hydrogen) atoms. The lowest BCUT2D eigenvalue weighted by Gasteiger charge is -2.25. The van der Waals surface area contributed by atoms with Crippen LogP contribution in [0.3, 0.4) is 0 Å². The van der Waals surface area contributed by atoms with E-state index in [2.05, 4.69) is 5.32 Å². The smallest absolute Gasteiger partial charge is 0.220 e. The maximum absolute atomic E-state index is 12.1. The van der Waals surface area contributed by atoms with Gasteiger partial charge >= 0.3 is 0 Å². The summed E-state index contributed by atoms with van der Waals surface area (Å²) in [7, 11) is -3.26. The Hall–Kier alpha value is -1.11. The van der Waals surface area contributed by atoms with Crippen molar-refractivity contribution < 1.29 is 13.2 Å². The number of amides is 1. The quantitative estimate of drug-likeness (QED) is 0.812. The molecule has 0 atom stereocenters. The predicted octanol–water partition coefficient (Wildman–Crippen LogP) is 2.20. The van der Waals surface area contributed by atoms with Gasteiger partial charge in [-0.25, -0.2) is 12.7 Å². The summed E-state index contributed by atoms with van der Waals surface area (Å²) in [5.41, 5.74) is 0.922. The number of piperidine rings is 1. The van der Waals surface area contributed by atoms with E-state index in [-0.39, 0.29) is 18.2 Å². The minimum atomic E-state index is -3.26. The van der Waals surface area contributed by atoms with Gasteiger partial charge in [0.25, 0.3) is 0 Å². The van der Waals surface area contributed by atoms with Crippen molar-refractivity contribution in [1.82, 2.24) is 9.62 Å². The minimum Gasteiger partial charge on any atom is -0.355 e. The molecule has 5 nitrogen and oxygen atoms in total. The maximum Gasteiger partial charge on any atom is 0.220 e. The molecule has 2 rings (SSSR count). The van der Waals surface area contributed by atoms with Gasteiger partial charge in [-0.2, -0.15) is 0 Å². The van der Waals surface area contributed by atoms with Crippen molar-refractivity contribution in [2.75, 3.05) is 25.4 Å².